The molecule has 4 nitrogen and oxygen atoms in total. The highest BCUT2D eigenvalue weighted by Gasteiger charge is 2.15. The Bertz CT molecular complexity index is 672. The zero-order chi connectivity index (χ0) is 15.6. The lowest BCUT2D eigenvalue weighted by molar-refractivity contribution is 0.457. The Balaban J connectivity index is 2.39. The van der Waals surface area contributed by atoms with Gasteiger partial charge in [-0.05, 0) is 42.2 Å². The lowest BCUT2D eigenvalue weighted by Crippen LogP contribution is -2.14. The molecule has 0 saturated carbocycles. The van der Waals surface area contributed by atoms with Crippen LogP contribution in [0, 0.1) is 12.3 Å². The maximum Gasteiger partial charge on any atom is 0.230 e. The summed E-state index contributed by atoms with van der Waals surface area (Å²) in [6, 6.07) is 11.5. The predicted molar refractivity (Wildman–Crippen MR) is 85.2 cm³/mol. The summed E-state index contributed by atoms with van der Waals surface area (Å²) in [5.41, 5.74) is 8.13. The van der Waals surface area contributed by atoms with Crippen molar-refractivity contribution in [3.63, 3.8) is 0 Å². The second-order valence-corrected chi connectivity index (χ2v) is 6.10. The van der Waals surface area contributed by atoms with Crippen LogP contribution < -0.4 is 10.5 Å². The molecule has 0 fully saturated rings. The Morgan fingerprint density at radius 3 is 2.52 bits per heavy atom. The van der Waals surface area contributed by atoms with E-state index < -0.39 is 0 Å². The molecule has 0 bridgehead atoms. The number of nitrogens with one attached hydrogen (secondary N) is 1. The highest BCUT2D eigenvalue weighted by molar-refractivity contribution is 5.97. The summed E-state index contributed by atoms with van der Waals surface area (Å²) >= 11 is 0. The molecule has 3 N–H and O–H groups in total. The maximum atomic E-state index is 7.61. The van der Waals surface area contributed by atoms with Crippen LogP contribution in [0.2, 0.25) is 0 Å². The summed E-state index contributed by atoms with van der Waals surface area (Å²) in [4.78, 5) is 4.34. The molecule has 0 aliphatic carbocycles. The molecule has 1 aromatic carbocycles. The third-order valence-electron chi connectivity index (χ3n) is 3.20. The number of nitrogen functional groups attached to an aromatic ring is 1. The quantitative estimate of drug-likeness (QED) is 0.665. The molecule has 0 amide bonds. The molecule has 4 heteroatoms. The average Bonchev–Trinajstić information content (AvgIpc) is 2.37. The molecule has 0 atom stereocenters. The number of benzene rings is 1. The first-order chi connectivity index (χ1) is 9.77. The van der Waals surface area contributed by atoms with Crippen LogP contribution in [-0.4, -0.2) is 10.8 Å². The Morgan fingerprint density at radius 2 is 1.90 bits per heavy atom. The van der Waals surface area contributed by atoms with Crippen molar-refractivity contribution in [1.82, 2.24) is 4.98 Å². The molecule has 0 unspecified atom stereocenters. The third kappa shape index (κ3) is 3.60. The predicted octanol–water partition coefficient (Wildman–Crippen LogP) is 3.76. The monoisotopic (exact) mass is 283 g/mol. The topological polar surface area (TPSA) is 72.0 Å². The maximum absolute atomic E-state index is 7.61. The first-order valence-corrected chi connectivity index (χ1v) is 6.88. The summed E-state index contributed by atoms with van der Waals surface area (Å²) in [6.07, 6.45) is 0. The van der Waals surface area contributed by atoms with Crippen LogP contribution in [0.15, 0.2) is 36.4 Å². The molecular weight excluding hydrogens is 262 g/mol. The van der Waals surface area contributed by atoms with Gasteiger partial charge < -0.3 is 10.5 Å². The Morgan fingerprint density at radius 1 is 1.19 bits per heavy atom. The molecule has 1 heterocycles. The Hall–Kier alpha value is -2.36. The van der Waals surface area contributed by atoms with Crippen molar-refractivity contribution in [3.05, 3.63) is 53.2 Å². The highest BCUT2D eigenvalue weighted by atomic mass is 16.5. The lowest BCUT2D eigenvalue weighted by atomic mass is 9.87. The molecule has 0 saturated heterocycles. The molecule has 2 rings (SSSR count). The van der Waals surface area contributed by atoms with Gasteiger partial charge in [0.15, 0.2) is 0 Å². The van der Waals surface area contributed by atoms with E-state index in [0.29, 0.717) is 17.2 Å². The number of hydrogen-bond acceptors (Lipinski definition) is 3. The minimum absolute atomic E-state index is 0.0445. The summed E-state index contributed by atoms with van der Waals surface area (Å²) in [7, 11) is 0. The minimum Gasteiger partial charge on any atom is -0.438 e. The van der Waals surface area contributed by atoms with Crippen molar-refractivity contribution >= 4 is 5.84 Å². The molecule has 110 valence electrons. The number of aryl methyl sites for hydroxylation is 1. The van der Waals surface area contributed by atoms with E-state index >= 15 is 0 Å². The number of rotatable bonds is 3. The fraction of sp³-hybridized carbons (Fsp3) is 0.294. The van der Waals surface area contributed by atoms with Gasteiger partial charge in [-0.3, -0.25) is 5.41 Å². The fourth-order valence-electron chi connectivity index (χ4n) is 1.95. The van der Waals surface area contributed by atoms with Gasteiger partial charge in [0.25, 0.3) is 0 Å². The van der Waals surface area contributed by atoms with Crippen LogP contribution in [0.25, 0.3) is 0 Å². The number of nitrogens with zero attached hydrogens (tertiary/aromatic N) is 1. The average molecular weight is 283 g/mol. The van der Waals surface area contributed by atoms with Crippen molar-refractivity contribution in [2.45, 2.75) is 33.1 Å². The number of hydrogen-bond donors (Lipinski definition) is 2. The van der Waals surface area contributed by atoms with Gasteiger partial charge in [0.1, 0.15) is 11.6 Å². The first-order valence-electron chi connectivity index (χ1n) is 6.88. The van der Waals surface area contributed by atoms with Crippen molar-refractivity contribution in [2.75, 3.05) is 0 Å². The van der Waals surface area contributed by atoms with Crippen molar-refractivity contribution in [1.29, 1.82) is 5.41 Å². The van der Waals surface area contributed by atoms with Crippen LogP contribution in [0.5, 0.6) is 11.6 Å². The smallest absolute Gasteiger partial charge is 0.230 e. The first kappa shape index (κ1) is 15.0. The number of pyridine rings is 1. The normalized spacial score (nSPS) is 11.2. The summed E-state index contributed by atoms with van der Waals surface area (Å²) in [6.45, 7) is 8.33. The van der Waals surface area contributed by atoms with E-state index in [2.05, 4.69) is 31.8 Å². The van der Waals surface area contributed by atoms with E-state index in [4.69, 9.17) is 15.9 Å². The van der Waals surface area contributed by atoms with E-state index in [1.165, 1.54) is 5.56 Å². The van der Waals surface area contributed by atoms with Crippen LogP contribution in [0.4, 0.5) is 0 Å². The molecule has 21 heavy (non-hydrogen) atoms. The zero-order valence-corrected chi connectivity index (χ0v) is 12.9. The van der Waals surface area contributed by atoms with Gasteiger partial charge in [-0.2, -0.15) is 0 Å². The molecule has 0 radical (unpaired) electrons. The highest BCUT2D eigenvalue weighted by Crippen LogP contribution is 2.29. The Labute approximate surface area is 125 Å². The van der Waals surface area contributed by atoms with E-state index in [-0.39, 0.29) is 11.3 Å². The van der Waals surface area contributed by atoms with Gasteiger partial charge in [-0.1, -0.05) is 32.9 Å². The minimum atomic E-state index is -0.0514. The standard InChI is InChI=1S/C17H21N3O/c1-11-8-9-14(15(18)19)16(20-11)21-13-7-5-6-12(10-13)17(2,3)4/h5-10H,1-4H3,(H3,18,19). The zero-order valence-electron chi connectivity index (χ0n) is 12.9. The van der Waals surface area contributed by atoms with E-state index in [0.717, 1.165) is 5.69 Å². The van der Waals surface area contributed by atoms with Crippen LogP contribution >= 0.6 is 0 Å². The fourth-order valence-corrected chi connectivity index (χ4v) is 1.95. The summed E-state index contributed by atoms with van der Waals surface area (Å²) in [5, 5.41) is 7.61. The van der Waals surface area contributed by atoms with Gasteiger partial charge >= 0.3 is 0 Å². The van der Waals surface area contributed by atoms with Crippen molar-refractivity contribution in [2.24, 2.45) is 5.73 Å². The number of amidine groups is 1. The second kappa shape index (κ2) is 5.56. The molecular formula is C17H21N3O. The van der Waals surface area contributed by atoms with Gasteiger partial charge in [0.05, 0.1) is 5.56 Å². The van der Waals surface area contributed by atoms with E-state index in [1.807, 2.05) is 31.2 Å². The van der Waals surface area contributed by atoms with E-state index in [9.17, 15) is 0 Å². The Kier molecular flexibility index (Phi) is 3.98. The number of ether oxygens (including phenoxy) is 1. The van der Waals surface area contributed by atoms with Gasteiger partial charge in [0, 0.05) is 5.69 Å². The van der Waals surface area contributed by atoms with Crippen molar-refractivity contribution < 1.29 is 4.74 Å². The molecule has 1 aromatic heterocycles. The third-order valence-corrected chi connectivity index (χ3v) is 3.20. The molecule has 2 aromatic rings. The number of nitrogens with two attached hydrogens (primary N) is 1. The van der Waals surface area contributed by atoms with Gasteiger partial charge in [-0.25, -0.2) is 4.98 Å². The largest absolute Gasteiger partial charge is 0.438 e. The van der Waals surface area contributed by atoms with Crippen LogP contribution in [0.1, 0.15) is 37.6 Å². The van der Waals surface area contributed by atoms with Crippen molar-refractivity contribution in [3.8, 4) is 11.6 Å². The van der Waals surface area contributed by atoms with Crippen LogP contribution in [0.3, 0.4) is 0 Å². The number of aromatic nitrogens is 1. The van der Waals surface area contributed by atoms with Gasteiger partial charge in [-0.15, -0.1) is 0 Å². The molecule has 0 aliphatic heterocycles. The second-order valence-electron chi connectivity index (χ2n) is 6.10. The molecule has 0 aliphatic rings. The van der Waals surface area contributed by atoms with Gasteiger partial charge in [0.2, 0.25) is 5.88 Å². The lowest BCUT2D eigenvalue weighted by Gasteiger charge is -2.20. The SMILES string of the molecule is Cc1ccc(C(=N)N)c(Oc2cccc(C(C)(C)C)c2)n1. The van der Waals surface area contributed by atoms with E-state index in [1.54, 1.807) is 6.07 Å². The summed E-state index contributed by atoms with van der Waals surface area (Å²) < 4.78 is 5.86. The summed E-state index contributed by atoms with van der Waals surface area (Å²) in [5.74, 6) is 1.01. The molecule has 0 spiro atoms. The van der Waals surface area contributed by atoms with Crippen LogP contribution in [-0.2, 0) is 5.41 Å².